The summed E-state index contributed by atoms with van der Waals surface area (Å²) in [5.74, 6) is -0.111. The Morgan fingerprint density at radius 1 is 1.20 bits per heavy atom. The standard InChI is InChI=1S/C11H18F3N3O3/c1-2-15-9(18)7-16-3-5-17(6-4-16)10(19)20-8-11(12,13)14/h2-8H2,1H3,(H,15,18). The van der Waals surface area contributed by atoms with E-state index >= 15 is 0 Å². The molecule has 1 heterocycles. The van der Waals surface area contributed by atoms with Crippen LogP contribution in [0.4, 0.5) is 18.0 Å². The van der Waals surface area contributed by atoms with E-state index in [1.807, 2.05) is 11.8 Å². The predicted octanol–water partition coefficient (Wildman–Crippen LogP) is 0.439. The van der Waals surface area contributed by atoms with E-state index in [2.05, 4.69) is 10.1 Å². The first-order chi connectivity index (χ1) is 9.31. The van der Waals surface area contributed by atoms with Gasteiger partial charge in [0.2, 0.25) is 5.91 Å². The summed E-state index contributed by atoms with van der Waals surface area (Å²) in [6.45, 7) is 2.35. The summed E-state index contributed by atoms with van der Waals surface area (Å²) in [7, 11) is 0. The number of alkyl halides is 3. The van der Waals surface area contributed by atoms with Crippen molar-refractivity contribution < 1.29 is 27.5 Å². The van der Waals surface area contributed by atoms with Gasteiger partial charge >= 0.3 is 12.3 Å². The molecular formula is C11H18F3N3O3. The average molecular weight is 297 g/mol. The Bertz CT molecular complexity index is 342. The lowest BCUT2D eigenvalue weighted by atomic mass is 10.3. The Morgan fingerprint density at radius 3 is 2.30 bits per heavy atom. The quantitative estimate of drug-likeness (QED) is 0.818. The molecular weight excluding hydrogens is 279 g/mol. The molecule has 6 nitrogen and oxygen atoms in total. The SMILES string of the molecule is CCNC(=O)CN1CCN(C(=O)OCC(F)(F)F)CC1. The summed E-state index contributed by atoms with van der Waals surface area (Å²) >= 11 is 0. The van der Waals surface area contributed by atoms with Crippen LogP contribution in [0.3, 0.4) is 0 Å². The van der Waals surface area contributed by atoms with E-state index in [0.717, 1.165) is 0 Å². The molecule has 0 bridgehead atoms. The first-order valence-electron chi connectivity index (χ1n) is 6.29. The van der Waals surface area contributed by atoms with Gasteiger partial charge in [-0.05, 0) is 6.92 Å². The summed E-state index contributed by atoms with van der Waals surface area (Å²) in [5.41, 5.74) is 0. The summed E-state index contributed by atoms with van der Waals surface area (Å²) in [6, 6.07) is 0. The second-order valence-electron chi connectivity index (χ2n) is 4.39. The molecule has 0 aromatic carbocycles. The minimum Gasteiger partial charge on any atom is -0.440 e. The Hall–Kier alpha value is -1.51. The smallest absolute Gasteiger partial charge is 0.422 e. The summed E-state index contributed by atoms with van der Waals surface area (Å²) < 4.78 is 39.9. The third-order valence-electron chi connectivity index (χ3n) is 2.73. The lowest BCUT2D eigenvalue weighted by molar-refractivity contribution is -0.162. The maximum absolute atomic E-state index is 11.9. The van der Waals surface area contributed by atoms with Crippen LogP contribution >= 0.6 is 0 Å². The van der Waals surface area contributed by atoms with Crippen LogP contribution < -0.4 is 5.32 Å². The molecule has 1 rings (SSSR count). The number of hydrogen-bond acceptors (Lipinski definition) is 4. The summed E-state index contributed by atoms with van der Waals surface area (Å²) in [6.07, 6.45) is -5.49. The highest BCUT2D eigenvalue weighted by atomic mass is 19.4. The van der Waals surface area contributed by atoms with Crippen molar-refractivity contribution in [2.75, 3.05) is 45.9 Å². The lowest BCUT2D eigenvalue weighted by Gasteiger charge is -2.33. The van der Waals surface area contributed by atoms with Gasteiger partial charge in [-0.15, -0.1) is 0 Å². The molecule has 0 unspecified atom stereocenters. The first-order valence-corrected chi connectivity index (χ1v) is 6.29. The number of halogens is 3. The van der Waals surface area contributed by atoms with Crippen molar-refractivity contribution in [3.8, 4) is 0 Å². The molecule has 0 aromatic heterocycles. The molecule has 20 heavy (non-hydrogen) atoms. The number of ether oxygens (including phenoxy) is 1. The maximum Gasteiger partial charge on any atom is 0.422 e. The number of hydrogen-bond donors (Lipinski definition) is 1. The molecule has 1 fully saturated rings. The molecule has 0 atom stereocenters. The van der Waals surface area contributed by atoms with Gasteiger partial charge in [-0.1, -0.05) is 0 Å². The van der Waals surface area contributed by atoms with Gasteiger partial charge in [-0.2, -0.15) is 13.2 Å². The Kier molecular flexibility index (Phi) is 6.05. The van der Waals surface area contributed by atoms with E-state index < -0.39 is 18.9 Å². The molecule has 0 aliphatic carbocycles. The van der Waals surface area contributed by atoms with Crippen LogP contribution in [0.2, 0.25) is 0 Å². The zero-order valence-electron chi connectivity index (χ0n) is 11.2. The van der Waals surface area contributed by atoms with E-state index in [9.17, 15) is 22.8 Å². The number of amides is 2. The van der Waals surface area contributed by atoms with Gasteiger partial charge in [-0.3, -0.25) is 9.69 Å². The van der Waals surface area contributed by atoms with Crippen LogP contribution in [0.5, 0.6) is 0 Å². The van der Waals surface area contributed by atoms with E-state index in [0.29, 0.717) is 19.6 Å². The van der Waals surface area contributed by atoms with E-state index in [1.54, 1.807) is 0 Å². The molecule has 1 saturated heterocycles. The van der Waals surface area contributed by atoms with Gasteiger partial charge in [0.15, 0.2) is 6.61 Å². The van der Waals surface area contributed by atoms with Crippen LogP contribution in [-0.2, 0) is 9.53 Å². The normalized spacial score (nSPS) is 16.9. The van der Waals surface area contributed by atoms with Crippen molar-refractivity contribution in [2.45, 2.75) is 13.1 Å². The molecule has 0 saturated carbocycles. The molecule has 0 aromatic rings. The van der Waals surface area contributed by atoms with Crippen LogP contribution in [0.1, 0.15) is 6.92 Å². The molecule has 2 amide bonds. The maximum atomic E-state index is 11.9. The zero-order valence-corrected chi connectivity index (χ0v) is 11.2. The highest BCUT2D eigenvalue weighted by molar-refractivity contribution is 5.78. The number of nitrogens with zero attached hydrogens (tertiary/aromatic N) is 2. The number of likely N-dealkylation sites (N-methyl/N-ethyl adjacent to an activating group) is 1. The highest BCUT2D eigenvalue weighted by Crippen LogP contribution is 2.15. The van der Waals surface area contributed by atoms with E-state index in [1.165, 1.54) is 4.90 Å². The molecule has 0 spiro atoms. The highest BCUT2D eigenvalue weighted by Gasteiger charge is 2.31. The van der Waals surface area contributed by atoms with Crippen molar-refractivity contribution in [1.29, 1.82) is 0 Å². The average Bonchev–Trinajstić information content (AvgIpc) is 2.36. The van der Waals surface area contributed by atoms with E-state index in [-0.39, 0.29) is 25.5 Å². The fourth-order valence-corrected chi connectivity index (χ4v) is 1.78. The van der Waals surface area contributed by atoms with Crippen molar-refractivity contribution in [3.63, 3.8) is 0 Å². The van der Waals surface area contributed by atoms with E-state index in [4.69, 9.17) is 0 Å². The molecule has 0 radical (unpaired) electrons. The predicted molar refractivity (Wildman–Crippen MR) is 64.1 cm³/mol. The Balaban J connectivity index is 2.27. The molecule has 116 valence electrons. The summed E-state index contributed by atoms with van der Waals surface area (Å²) in [5, 5.41) is 2.65. The lowest BCUT2D eigenvalue weighted by Crippen LogP contribution is -2.51. The van der Waals surface area contributed by atoms with Crippen molar-refractivity contribution in [2.24, 2.45) is 0 Å². The first kappa shape index (κ1) is 16.5. The van der Waals surface area contributed by atoms with Gasteiger partial charge in [0.05, 0.1) is 6.54 Å². The fraction of sp³-hybridized carbons (Fsp3) is 0.818. The van der Waals surface area contributed by atoms with Crippen LogP contribution in [0.15, 0.2) is 0 Å². The number of carbonyl (C=O) groups is 2. The Labute approximate surface area is 114 Å². The third kappa shape index (κ3) is 6.09. The summed E-state index contributed by atoms with van der Waals surface area (Å²) in [4.78, 5) is 25.8. The molecule has 1 aliphatic rings. The number of rotatable bonds is 4. The van der Waals surface area contributed by atoms with Crippen molar-refractivity contribution in [1.82, 2.24) is 15.1 Å². The third-order valence-corrected chi connectivity index (χ3v) is 2.73. The number of piperazine rings is 1. The van der Waals surface area contributed by atoms with Crippen LogP contribution in [0.25, 0.3) is 0 Å². The second kappa shape index (κ2) is 7.32. The van der Waals surface area contributed by atoms with Crippen LogP contribution in [-0.4, -0.2) is 73.9 Å². The van der Waals surface area contributed by atoms with Gasteiger partial charge in [0, 0.05) is 32.7 Å². The van der Waals surface area contributed by atoms with Gasteiger partial charge in [-0.25, -0.2) is 4.79 Å². The minimum atomic E-state index is -4.52. The van der Waals surface area contributed by atoms with Gasteiger partial charge < -0.3 is 15.0 Å². The second-order valence-corrected chi connectivity index (χ2v) is 4.39. The van der Waals surface area contributed by atoms with Crippen molar-refractivity contribution >= 4 is 12.0 Å². The largest absolute Gasteiger partial charge is 0.440 e. The van der Waals surface area contributed by atoms with Gasteiger partial charge in [0.25, 0.3) is 0 Å². The molecule has 9 heteroatoms. The van der Waals surface area contributed by atoms with Gasteiger partial charge in [0.1, 0.15) is 0 Å². The topological polar surface area (TPSA) is 61.9 Å². The van der Waals surface area contributed by atoms with Crippen molar-refractivity contribution in [3.05, 3.63) is 0 Å². The number of carbonyl (C=O) groups excluding carboxylic acids is 2. The minimum absolute atomic E-state index is 0.111. The Morgan fingerprint density at radius 2 is 1.80 bits per heavy atom. The van der Waals surface area contributed by atoms with Crippen LogP contribution in [0, 0.1) is 0 Å². The zero-order chi connectivity index (χ0) is 15.2. The molecule has 1 aliphatic heterocycles. The molecule has 1 N–H and O–H groups in total. The number of nitrogens with one attached hydrogen (secondary N) is 1. The fourth-order valence-electron chi connectivity index (χ4n) is 1.78. The monoisotopic (exact) mass is 297 g/mol.